The molecule has 7 rings (SSSR count). The monoisotopic (exact) mass is 724 g/mol. The number of hydrogen-bond donors (Lipinski definition) is 2. The molecule has 52 heavy (non-hydrogen) atoms. The number of ether oxygens (including phenoxy) is 1. The summed E-state index contributed by atoms with van der Waals surface area (Å²) in [6.45, 7) is 3.71. The van der Waals surface area contributed by atoms with E-state index in [1.165, 1.54) is 4.90 Å². The molecule has 2 fully saturated rings. The van der Waals surface area contributed by atoms with Crippen LogP contribution >= 0.6 is 11.6 Å². The molecule has 13 heteroatoms. The Morgan fingerprint density at radius 1 is 1.00 bits per heavy atom. The summed E-state index contributed by atoms with van der Waals surface area (Å²) in [5.74, 6) is -0.509. The van der Waals surface area contributed by atoms with Crippen molar-refractivity contribution >= 4 is 57.9 Å². The van der Waals surface area contributed by atoms with Crippen molar-refractivity contribution in [1.82, 2.24) is 25.1 Å². The molecular formula is C39H41ClN6O6. The van der Waals surface area contributed by atoms with Gasteiger partial charge in [0, 0.05) is 66.1 Å². The van der Waals surface area contributed by atoms with E-state index in [9.17, 15) is 24.0 Å². The third-order valence-corrected chi connectivity index (χ3v) is 10.6. The number of imide groups is 1. The summed E-state index contributed by atoms with van der Waals surface area (Å²) in [7, 11) is 0. The third-order valence-electron chi connectivity index (χ3n) is 10.2. The summed E-state index contributed by atoms with van der Waals surface area (Å²) in [6, 6.07) is 12.4. The topological polar surface area (TPSA) is 145 Å². The minimum atomic E-state index is -0.670. The van der Waals surface area contributed by atoms with Gasteiger partial charge in [0.25, 0.3) is 5.91 Å². The van der Waals surface area contributed by atoms with Gasteiger partial charge in [-0.1, -0.05) is 49.6 Å². The van der Waals surface area contributed by atoms with Crippen LogP contribution in [-0.4, -0.2) is 81.6 Å². The number of rotatable bonds is 12. The summed E-state index contributed by atoms with van der Waals surface area (Å²) in [4.78, 5) is 75.9. The molecule has 0 spiro atoms. The van der Waals surface area contributed by atoms with E-state index in [4.69, 9.17) is 16.3 Å². The molecule has 1 unspecified atom stereocenters. The number of nitrogens with zero attached hydrogens (tertiary/aromatic N) is 4. The number of piperazine rings is 1. The van der Waals surface area contributed by atoms with Gasteiger partial charge >= 0.3 is 0 Å². The fraction of sp³-hybridized carbons (Fsp3) is 0.385. The molecule has 3 aliphatic rings. The van der Waals surface area contributed by atoms with E-state index >= 15 is 0 Å². The van der Waals surface area contributed by atoms with Crippen molar-refractivity contribution in [3.63, 3.8) is 0 Å². The molecule has 0 bridgehead atoms. The lowest BCUT2D eigenvalue weighted by molar-refractivity contribution is -0.137. The Balaban J connectivity index is 0.848. The van der Waals surface area contributed by atoms with E-state index in [0.29, 0.717) is 55.3 Å². The second-order valence-corrected chi connectivity index (χ2v) is 13.9. The number of anilines is 1. The van der Waals surface area contributed by atoms with Crippen molar-refractivity contribution in [2.75, 3.05) is 31.1 Å². The van der Waals surface area contributed by atoms with Crippen molar-refractivity contribution in [2.24, 2.45) is 0 Å². The summed E-state index contributed by atoms with van der Waals surface area (Å²) < 4.78 is 6.06. The van der Waals surface area contributed by atoms with Crippen molar-refractivity contribution in [2.45, 2.75) is 70.9 Å². The van der Waals surface area contributed by atoms with Crippen molar-refractivity contribution < 1.29 is 28.7 Å². The van der Waals surface area contributed by atoms with Crippen LogP contribution in [0.25, 0.3) is 22.2 Å². The SMILES string of the molecule is CCc1c[nH]c2ncc(-c3cccc(N4CCN(C(=O)CCCCCCOc5cccc6c5CN(C5CCC(=O)NC5=O)C6=O)CC4=O)c3)c(Cl)c12. The predicted octanol–water partition coefficient (Wildman–Crippen LogP) is 5.41. The molecule has 12 nitrogen and oxygen atoms in total. The first-order valence-corrected chi connectivity index (χ1v) is 18.3. The van der Waals surface area contributed by atoms with Crippen LogP contribution in [0.5, 0.6) is 5.75 Å². The van der Waals surface area contributed by atoms with Crippen LogP contribution in [0.3, 0.4) is 0 Å². The van der Waals surface area contributed by atoms with Gasteiger partial charge in [-0.15, -0.1) is 0 Å². The number of amides is 5. The van der Waals surface area contributed by atoms with Gasteiger partial charge in [-0.05, 0) is 61.1 Å². The maximum Gasteiger partial charge on any atom is 0.255 e. The number of unbranched alkanes of at least 4 members (excludes halogenated alkanes) is 3. The van der Waals surface area contributed by atoms with Crippen LogP contribution in [0.2, 0.25) is 5.02 Å². The van der Waals surface area contributed by atoms with E-state index in [-0.39, 0.29) is 43.1 Å². The highest BCUT2D eigenvalue weighted by molar-refractivity contribution is 6.38. The molecule has 5 amide bonds. The summed E-state index contributed by atoms with van der Waals surface area (Å²) in [5, 5.41) is 3.87. The van der Waals surface area contributed by atoms with Gasteiger partial charge in [0.05, 0.1) is 18.2 Å². The highest BCUT2D eigenvalue weighted by Crippen LogP contribution is 2.37. The molecule has 1 atom stereocenters. The number of aryl methyl sites for hydroxylation is 1. The van der Waals surface area contributed by atoms with Gasteiger partial charge in [-0.25, -0.2) is 4.98 Å². The molecule has 3 aliphatic heterocycles. The molecule has 270 valence electrons. The smallest absolute Gasteiger partial charge is 0.255 e. The minimum absolute atomic E-state index is 0.0209. The zero-order valence-corrected chi connectivity index (χ0v) is 29.8. The number of carbonyl (C=O) groups excluding carboxylic acids is 5. The summed E-state index contributed by atoms with van der Waals surface area (Å²) >= 11 is 6.86. The highest BCUT2D eigenvalue weighted by Gasteiger charge is 2.40. The number of fused-ring (bicyclic) bond motifs is 2. The number of halogens is 1. The van der Waals surface area contributed by atoms with Crippen LogP contribution in [0.1, 0.15) is 73.4 Å². The fourth-order valence-electron chi connectivity index (χ4n) is 7.36. The molecule has 4 aromatic rings. The fourth-order valence-corrected chi connectivity index (χ4v) is 7.73. The van der Waals surface area contributed by atoms with Gasteiger partial charge < -0.3 is 24.4 Å². The number of pyridine rings is 1. The predicted molar refractivity (Wildman–Crippen MR) is 196 cm³/mol. The van der Waals surface area contributed by atoms with Gasteiger partial charge in [0.15, 0.2) is 0 Å². The first-order valence-electron chi connectivity index (χ1n) is 18.0. The summed E-state index contributed by atoms with van der Waals surface area (Å²) in [6.07, 6.45) is 8.61. The van der Waals surface area contributed by atoms with Gasteiger partial charge in [-0.2, -0.15) is 0 Å². The normalized spacial score (nSPS) is 17.6. The Morgan fingerprint density at radius 2 is 1.83 bits per heavy atom. The van der Waals surface area contributed by atoms with E-state index in [1.807, 2.05) is 36.5 Å². The number of carbonyl (C=O) groups is 5. The second kappa shape index (κ2) is 15.2. The quantitative estimate of drug-likeness (QED) is 0.147. The molecule has 2 saturated heterocycles. The lowest BCUT2D eigenvalue weighted by Crippen LogP contribution is -2.52. The Labute approximate surface area is 306 Å². The lowest BCUT2D eigenvalue weighted by atomic mass is 10.0. The first-order chi connectivity index (χ1) is 25.2. The lowest BCUT2D eigenvalue weighted by Gasteiger charge is -2.34. The zero-order chi connectivity index (χ0) is 36.4. The van der Waals surface area contributed by atoms with Crippen molar-refractivity contribution in [3.8, 4) is 16.9 Å². The first kappa shape index (κ1) is 35.2. The molecule has 5 heterocycles. The Hall–Kier alpha value is -5.23. The Morgan fingerprint density at radius 3 is 2.63 bits per heavy atom. The molecule has 0 radical (unpaired) electrons. The van der Waals surface area contributed by atoms with Crippen LogP contribution in [0.4, 0.5) is 5.69 Å². The maximum absolute atomic E-state index is 13.3. The molecule has 0 aliphatic carbocycles. The zero-order valence-electron chi connectivity index (χ0n) is 29.1. The van der Waals surface area contributed by atoms with E-state index in [0.717, 1.165) is 64.7 Å². The largest absolute Gasteiger partial charge is 0.493 e. The minimum Gasteiger partial charge on any atom is -0.493 e. The molecule has 0 saturated carbocycles. The van der Waals surface area contributed by atoms with E-state index in [2.05, 4.69) is 22.2 Å². The number of piperidine rings is 1. The second-order valence-electron chi connectivity index (χ2n) is 13.5. The van der Waals surface area contributed by atoms with Crippen LogP contribution in [0.15, 0.2) is 54.9 Å². The van der Waals surface area contributed by atoms with Gasteiger partial charge in [0.2, 0.25) is 23.6 Å². The summed E-state index contributed by atoms with van der Waals surface area (Å²) in [5.41, 5.74) is 5.56. The van der Waals surface area contributed by atoms with Crippen LogP contribution in [0, 0.1) is 0 Å². The van der Waals surface area contributed by atoms with Crippen molar-refractivity contribution in [1.29, 1.82) is 0 Å². The van der Waals surface area contributed by atoms with Gasteiger partial charge in [0.1, 0.15) is 24.0 Å². The van der Waals surface area contributed by atoms with Crippen LogP contribution < -0.4 is 15.0 Å². The highest BCUT2D eigenvalue weighted by atomic mass is 35.5. The Kier molecular flexibility index (Phi) is 10.3. The number of benzene rings is 2. The van der Waals surface area contributed by atoms with Gasteiger partial charge in [-0.3, -0.25) is 29.3 Å². The number of aromatic amines is 1. The molecule has 2 N–H and O–H groups in total. The average Bonchev–Trinajstić information content (AvgIpc) is 3.73. The number of hydrogen-bond acceptors (Lipinski definition) is 7. The number of nitrogens with one attached hydrogen (secondary N) is 2. The molecule has 2 aromatic carbocycles. The third kappa shape index (κ3) is 6.99. The number of aromatic nitrogens is 2. The molecule has 2 aromatic heterocycles. The Bertz CT molecular complexity index is 2060. The van der Waals surface area contributed by atoms with E-state index in [1.54, 1.807) is 28.1 Å². The van der Waals surface area contributed by atoms with Crippen LogP contribution in [-0.2, 0) is 32.1 Å². The maximum atomic E-state index is 13.3. The number of H-pyrrole nitrogens is 1. The standard InChI is InChI=1S/C39H41ClN6O6/c1-2-24-20-41-37-35(24)36(40)28(21-42-37)25-9-7-10-26(19-25)45-17-16-44(23-34(45)49)33(48)13-5-3-4-6-18-52-31-12-8-11-27-29(31)22-46(39(27)51)30-14-15-32(47)43-38(30)50/h7-12,19-21,30H,2-6,13-18,22-23H2,1H3,(H,41,42)(H,43,47,50). The van der Waals surface area contributed by atoms with Crippen molar-refractivity contribution in [3.05, 3.63) is 76.6 Å². The molecular weight excluding hydrogens is 684 g/mol. The average molecular weight is 725 g/mol. The van der Waals surface area contributed by atoms with E-state index < -0.39 is 11.9 Å².